The number of hydrogen-bond acceptors (Lipinski definition) is 3. The summed E-state index contributed by atoms with van der Waals surface area (Å²) in [6, 6.07) is 6.40. The highest BCUT2D eigenvalue weighted by Gasteiger charge is 2.24. The van der Waals surface area contributed by atoms with Gasteiger partial charge in [0.1, 0.15) is 5.82 Å². The second kappa shape index (κ2) is 7.20. The van der Waals surface area contributed by atoms with E-state index in [0.717, 1.165) is 12.2 Å². The largest absolute Gasteiger partial charge is 0.443 e. The van der Waals surface area contributed by atoms with Crippen LogP contribution >= 0.6 is 0 Å². The number of carbonyl (C=O) groups excluding carboxylic acids is 1. The lowest BCUT2D eigenvalue weighted by Gasteiger charge is -2.20. The summed E-state index contributed by atoms with van der Waals surface area (Å²) in [5, 5.41) is 0. The van der Waals surface area contributed by atoms with Gasteiger partial charge >= 0.3 is 5.97 Å². The van der Waals surface area contributed by atoms with Crippen LogP contribution in [0.1, 0.15) is 63.1 Å². The molecule has 2 rings (SSSR count). The highest BCUT2D eigenvalue weighted by atomic mass is 16.5. The van der Waals surface area contributed by atoms with Crippen molar-refractivity contribution >= 4 is 5.97 Å². The molecule has 0 aliphatic carbocycles. The minimum absolute atomic E-state index is 0.142. The van der Waals surface area contributed by atoms with Crippen LogP contribution in [0.4, 0.5) is 0 Å². The molecule has 0 saturated carbocycles. The first-order valence-corrected chi connectivity index (χ1v) is 8.52. The number of aryl methyl sites for hydroxylation is 1. The van der Waals surface area contributed by atoms with Crippen molar-refractivity contribution in [3.8, 4) is 0 Å². The van der Waals surface area contributed by atoms with Crippen molar-refractivity contribution in [1.82, 2.24) is 9.55 Å². The number of rotatable bonds is 5. The molecule has 0 N–H and O–H groups in total. The Kier molecular flexibility index (Phi) is 5.47. The van der Waals surface area contributed by atoms with Crippen LogP contribution in [-0.4, -0.2) is 15.5 Å². The highest BCUT2D eigenvalue weighted by Crippen LogP contribution is 2.28. The van der Waals surface area contributed by atoms with Gasteiger partial charge in [0.05, 0.1) is 5.41 Å². The van der Waals surface area contributed by atoms with E-state index in [4.69, 9.17) is 4.74 Å². The Labute approximate surface area is 144 Å². The Balaban J connectivity index is 2.24. The molecular formula is C20H28N2O2. The molecular weight excluding hydrogens is 300 g/mol. The van der Waals surface area contributed by atoms with Crippen LogP contribution in [0.15, 0.2) is 30.6 Å². The molecule has 0 bridgehead atoms. The Morgan fingerprint density at radius 1 is 1.33 bits per heavy atom. The van der Waals surface area contributed by atoms with Gasteiger partial charge in [-0.15, -0.1) is 0 Å². The maximum Gasteiger partial charge on any atom is 0.312 e. The van der Waals surface area contributed by atoms with E-state index in [1.807, 2.05) is 31.5 Å². The van der Waals surface area contributed by atoms with Gasteiger partial charge in [0.2, 0.25) is 0 Å². The highest BCUT2D eigenvalue weighted by molar-refractivity contribution is 5.75. The summed E-state index contributed by atoms with van der Waals surface area (Å²) >= 11 is 0. The molecule has 1 atom stereocenters. The van der Waals surface area contributed by atoms with Crippen LogP contribution in [0.2, 0.25) is 0 Å². The third kappa shape index (κ3) is 3.86. The first kappa shape index (κ1) is 18.2. The molecule has 0 spiro atoms. The van der Waals surface area contributed by atoms with E-state index >= 15 is 0 Å². The van der Waals surface area contributed by atoms with Crippen molar-refractivity contribution in [2.45, 2.75) is 60.6 Å². The third-order valence-corrected chi connectivity index (χ3v) is 4.35. The zero-order valence-corrected chi connectivity index (χ0v) is 15.6. The molecule has 130 valence electrons. The zero-order valence-electron chi connectivity index (χ0n) is 15.6. The average molecular weight is 328 g/mol. The predicted molar refractivity (Wildman–Crippen MR) is 95.8 cm³/mol. The quantitative estimate of drug-likeness (QED) is 0.762. The van der Waals surface area contributed by atoms with E-state index in [2.05, 4.69) is 44.0 Å². The van der Waals surface area contributed by atoms with Crippen molar-refractivity contribution < 1.29 is 9.53 Å². The fourth-order valence-corrected chi connectivity index (χ4v) is 2.91. The molecule has 1 aromatic heterocycles. The van der Waals surface area contributed by atoms with Gasteiger partial charge in [-0.2, -0.15) is 0 Å². The minimum Gasteiger partial charge on any atom is -0.443 e. The Morgan fingerprint density at radius 2 is 2.04 bits per heavy atom. The lowest BCUT2D eigenvalue weighted by molar-refractivity contribution is -0.157. The smallest absolute Gasteiger partial charge is 0.312 e. The fraction of sp³-hybridized carbons (Fsp3) is 0.500. The van der Waals surface area contributed by atoms with Crippen LogP contribution in [0, 0.1) is 12.3 Å². The number of carbonyl (C=O) groups is 1. The monoisotopic (exact) mass is 328 g/mol. The summed E-state index contributed by atoms with van der Waals surface area (Å²) in [5.41, 5.74) is 3.45. The van der Waals surface area contributed by atoms with E-state index in [-0.39, 0.29) is 18.6 Å². The van der Waals surface area contributed by atoms with Gasteiger partial charge in [0, 0.05) is 18.3 Å². The average Bonchev–Trinajstić information content (AvgIpc) is 2.99. The fourth-order valence-electron chi connectivity index (χ4n) is 2.91. The molecule has 0 saturated heterocycles. The maximum absolute atomic E-state index is 12.0. The second-order valence-electron chi connectivity index (χ2n) is 7.28. The lowest BCUT2D eigenvalue weighted by atomic mass is 9.91. The van der Waals surface area contributed by atoms with E-state index in [9.17, 15) is 4.79 Å². The molecule has 0 radical (unpaired) electrons. The SMILES string of the molecule is CCc1c(C)cccc1C(C)c1nccn1COC(=O)C(C)(C)C. The van der Waals surface area contributed by atoms with E-state index in [0.29, 0.717) is 0 Å². The molecule has 24 heavy (non-hydrogen) atoms. The summed E-state index contributed by atoms with van der Waals surface area (Å²) in [6.45, 7) is 12.2. The topological polar surface area (TPSA) is 44.1 Å². The predicted octanol–water partition coefficient (Wildman–Crippen LogP) is 4.45. The maximum atomic E-state index is 12.0. The lowest BCUT2D eigenvalue weighted by Crippen LogP contribution is -2.24. The standard InChI is InChI=1S/C20H28N2O2/c1-7-16-14(2)9-8-10-17(16)15(3)18-21-11-12-22(18)13-24-19(23)20(4,5)6/h8-12,15H,7,13H2,1-6H3. The summed E-state index contributed by atoms with van der Waals surface area (Å²) in [4.78, 5) is 16.5. The van der Waals surface area contributed by atoms with Gasteiger partial charge in [-0.1, -0.05) is 32.0 Å². The van der Waals surface area contributed by atoms with E-state index < -0.39 is 5.41 Å². The van der Waals surface area contributed by atoms with Crippen LogP contribution < -0.4 is 0 Å². The number of imidazole rings is 1. The first-order chi connectivity index (χ1) is 11.3. The third-order valence-electron chi connectivity index (χ3n) is 4.35. The molecule has 1 aromatic carbocycles. The van der Waals surface area contributed by atoms with Gasteiger partial charge in [-0.3, -0.25) is 4.79 Å². The van der Waals surface area contributed by atoms with Crippen molar-refractivity contribution in [3.63, 3.8) is 0 Å². The summed E-state index contributed by atoms with van der Waals surface area (Å²) in [6.07, 6.45) is 4.62. The molecule has 4 nitrogen and oxygen atoms in total. The molecule has 1 heterocycles. The van der Waals surface area contributed by atoms with Crippen molar-refractivity contribution in [2.24, 2.45) is 5.41 Å². The number of benzene rings is 1. The normalized spacial score (nSPS) is 12.9. The molecule has 2 aromatic rings. The zero-order chi connectivity index (χ0) is 17.9. The van der Waals surface area contributed by atoms with Crippen LogP contribution in [0.5, 0.6) is 0 Å². The van der Waals surface area contributed by atoms with E-state index in [1.54, 1.807) is 6.20 Å². The van der Waals surface area contributed by atoms with Gasteiger partial charge in [-0.05, 0) is 50.8 Å². The first-order valence-electron chi connectivity index (χ1n) is 8.52. The van der Waals surface area contributed by atoms with Crippen LogP contribution in [0.25, 0.3) is 0 Å². The number of hydrogen-bond donors (Lipinski definition) is 0. The van der Waals surface area contributed by atoms with Gasteiger partial charge < -0.3 is 9.30 Å². The van der Waals surface area contributed by atoms with Crippen molar-refractivity contribution in [3.05, 3.63) is 53.1 Å². The van der Waals surface area contributed by atoms with E-state index in [1.165, 1.54) is 16.7 Å². The number of ether oxygens (including phenoxy) is 1. The summed E-state index contributed by atoms with van der Waals surface area (Å²) < 4.78 is 7.35. The van der Waals surface area contributed by atoms with Gasteiger partial charge in [-0.25, -0.2) is 4.98 Å². The van der Waals surface area contributed by atoms with Gasteiger partial charge in [0.15, 0.2) is 6.73 Å². The molecule has 0 amide bonds. The van der Waals surface area contributed by atoms with Crippen molar-refractivity contribution in [1.29, 1.82) is 0 Å². The summed E-state index contributed by atoms with van der Waals surface area (Å²) in [5.74, 6) is 0.847. The Hall–Kier alpha value is -2.10. The molecule has 0 fully saturated rings. The number of aromatic nitrogens is 2. The minimum atomic E-state index is -0.502. The molecule has 4 heteroatoms. The molecule has 1 unspecified atom stereocenters. The molecule has 0 aliphatic heterocycles. The number of esters is 1. The van der Waals surface area contributed by atoms with Crippen molar-refractivity contribution in [2.75, 3.05) is 0 Å². The van der Waals surface area contributed by atoms with Gasteiger partial charge in [0.25, 0.3) is 0 Å². The number of nitrogens with zero attached hydrogens (tertiary/aromatic N) is 2. The molecule has 0 aliphatic rings. The van der Waals surface area contributed by atoms with Crippen LogP contribution in [0.3, 0.4) is 0 Å². The van der Waals surface area contributed by atoms with Crippen LogP contribution in [-0.2, 0) is 22.7 Å². The summed E-state index contributed by atoms with van der Waals surface area (Å²) in [7, 11) is 0. The second-order valence-corrected chi connectivity index (χ2v) is 7.28. The Bertz CT molecular complexity index is 711. The Morgan fingerprint density at radius 3 is 2.67 bits per heavy atom.